The van der Waals surface area contributed by atoms with Gasteiger partial charge in [0.05, 0.1) is 4.90 Å². The summed E-state index contributed by atoms with van der Waals surface area (Å²) in [7, 11) is -3.63. The first-order chi connectivity index (χ1) is 8.88. The summed E-state index contributed by atoms with van der Waals surface area (Å²) in [5.41, 5.74) is 5.79. The molecule has 0 aliphatic heterocycles. The van der Waals surface area contributed by atoms with Gasteiger partial charge in [0.15, 0.2) is 0 Å². The Morgan fingerprint density at radius 1 is 1.26 bits per heavy atom. The lowest BCUT2D eigenvalue weighted by Gasteiger charge is -2.26. The van der Waals surface area contributed by atoms with Crippen molar-refractivity contribution in [3.05, 3.63) is 28.5 Å². The molecule has 1 saturated carbocycles. The van der Waals surface area contributed by atoms with E-state index >= 15 is 0 Å². The second kappa shape index (κ2) is 5.87. The van der Waals surface area contributed by atoms with E-state index in [1.54, 1.807) is 0 Å². The molecule has 2 rings (SSSR count). The normalized spacial score (nSPS) is 24.4. The van der Waals surface area contributed by atoms with Crippen molar-refractivity contribution in [3.8, 4) is 0 Å². The average molecular weight is 351 g/mol. The van der Waals surface area contributed by atoms with Gasteiger partial charge >= 0.3 is 0 Å². The van der Waals surface area contributed by atoms with E-state index in [-0.39, 0.29) is 21.5 Å². The maximum absolute atomic E-state index is 13.0. The molecule has 0 bridgehead atoms. The van der Waals surface area contributed by atoms with Gasteiger partial charge in [0.2, 0.25) is 10.0 Å². The van der Waals surface area contributed by atoms with E-state index in [4.69, 9.17) is 5.73 Å². The number of sulfonamides is 1. The fraction of sp³-hybridized carbons (Fsp3) is 0.500. The molecule has 0 aromatic heterocycles. The molecule has 0 atom stereocenters. The van der Waals surface area contributed by atoms with Crippen LogP contribution in [-0.2, 0) is 10.0 Å². The fourth-order valence-corrected chi connectivity index (χ4v) is 4.57. The lowest BCUT2D eigenvalue weighted by molar-refractivity contribution is 0.373. The lowest BCUT2D eigenvalue weighted by atomic mass is 9.93. The van der Waals surface area contributed by atoms with Crippen LogP contribution in [0.15, 0.2) is 27.6 Å². The Balaban J connectivity index is 2.14. The third-order valence-corrected chi connectivity index (χ3v) is 5.77. The number of rotatable bonds is 3. The van der Waals surface area contributed by atoms with Crippen molar-refractivity contribution in [1.82, 2.24) is 4.72 Å². The summed E-state index contributed by atoms with van der Waals surface area (Å²) >= 11 is 3.08. The second-order valence-corrected chi connectivity index (χ2v) is 7.34. The van der Waals surface area contributed by atoms with Crippen molar-refractivity contribution in [2.75, 3.05) is 0 Å². The smallest absolute Gasteiger partial charge is 0.241 e. The monoisotopic (exact) mass is 350 g/mol. The first kappa shape index (κ1) is 14.9. The van der Waals surface area contributed by atoms with E-state index in [2.05, 4.69) is 20.7 Å². The molecule has 1 aromatic carbocycles. The van der Waals surface area contributed by atoms with Gasteiger partial charge in [0.25, 0.3) is 0 Å². The molecule has 0 amide bonds. The van der Waals surface area contributed by atoms with Crippen molar-refractivity contribution in [2.24, 2.45) is 5.73 Å². The molecule has 0 spiro atoms. The molecule has 0 saturated heterocycles. The minimum absolute atomic E-state index is 0.0590. The van der Waals surface area contributed by atoms with Crippen LogP contribution in [-0.4, -0.2) is 20.5 Å². The van der Waals surface area contributed by atoms with Crippen LogP contribution < -0.4 is 10.5 Å². The van der Waals surface area contributed by atoms with Crippen LogP contribution in [0.2, 0.25) is 0 Å². The molecule has 19 heavy (non-hydrogen) atoms. The van der Waals surface area contributed by atoms with E-state index in [9.17, 15) is 12.8 Å². The second-order valence-electron chi connectivity index (χ2n) is 4.81. The van der Waals surface area contributed by atoms with Crippen LogP contribution in [0.5, 0.6) is 0 Å². The Morgan fingerprint density at radius 2 is 1.89 bits per heavy atom. The van der Waals surface area contributed by atoms with Crippen LogP contribution in [0, 0.1) is 5.82 Å². The first-order valence-electron chi connectivity index (χ1n) is 6.11. The maximum Gasteiger partial charge on any atom is 0.241 e. The number of hydrogen-bond acceptors (Lipinski definition) is 3. The summed E-state index contributed by atoms with van der Waals surface area (Å²) in [5, 5.41) is 0. The number of benzene rings is 1. The summed E-state index contributed by atoms with van der Waals surface area (Å²) in [4.78, 5) is 0.0590. The number of halogens is 2. The van der Waals surface area contributed by atoms with Crippen molar-refractivity contribution in [3.63, 3.8) is 0 Å². The molecule has 106 valence electrons. The summed E-state index contributed by atoms with van der Waals surface area (Å²) in [6, 6.07) is 3.61. The standard InChI is InChI=1S/C12H16BrFN2O2S/c13-11-7-8(14)1-6-12(11)19(17,18)16-10-4-2-9(15)3-5-10/h1,6-7,9-10,16H,2-5,15H2. The Kier molecular flexibility index (Phi) is 4.60. The highest BCUT2D eigenvalue weighted by Crippen LogP contribution is 2.25. The minimum atomic E-state index is -3.63. The Morgan fingerprint density at radius 3 is 2.47 bits per heavy atom. The molecule has 4 nitrogen and oxygen atoms in total. The highest BCUT2D eigenvalue weighted by atomic mass is 79.9. The fourth-order valence-electron chi connectivity index (χ4n) is 2.21. The Hall–Kier alpha value is -0.500. The van der Waals surface area contributed by atoms with Crippen LogP contribution in [0.25, 0.3) is 0 Å². The van der Waals surface area contributed by atoms with Gasteiger partial charge < -0.3 is 5.73 Å². The minimum Gasteiger partial charge on any atom is -0.328 e. The topological polar surface area (TPSA) is 72.2 Å². The summed E-state index contributed by atoms with van der Waals surface area (Å²) in [6.45, 7) is 0. The van der Waals surface area contributed by atoms with Crippen LogP contribution in [0.4, 0.5) is 4.39 Å². The molecule has 1 fully saturated rings. The molecule has 0 heterocycles. The van der Waals surface area contributed by atoms with E-state index in [0.29, 0.717) is 0 Å². The Bertz CT molecular complexity index is 557. The number of nitrogens with two attached hydrogens (primary N) is 1. The molecule has 3 N–H and O–H groups in total. The molecule has 1 aliphatic carbocycles. The van der Waals surface area contributed by atoms with Crippen molar-refractivity contribution >= 4 is 26.0 Å². The highest BCUT2D eigenvalue weighted by molar-refractivity contribution is 9.10. The summed E-state index contributed by atoms with van der Waals surface area (Å²) < 4.78 is 40.3. The predicted octanol–water partition coefficient (Wildman–Crippen LogP) is 2.14. The van der Waals surface area contributed by atoms with E-state index in [1.165, 1.54) is 6.07 Å². The van der Waals surface area contributed by atoms with Crippen LogP contribution >= 0.6 is 15.9 Å². The van der Waals surface area contributed by atoms with Gasteiger partial charge in [-0.1, -0.05) is 0 Å². The summed E-state index contributed by atoms with van der Waals surface area (Å²) in [6.07, 6.45) is 3.11. The van der Waals surface area contributed by atoms with Gasteiger partial charge in [-0.3, -0.25) is 0 Å². The van der Waals surface area contributed by atoms with Gasteiger partial charge in [0, 0.05) is 16.6 Å². The summed E-state index contributed by atoms with van der Waals surface area (Å²) in [5.74, 6) is -0.477. The number of nitrogens with one attached hydrogen (secondary N) is 1. The molecule has 1 aliphatic rings. The Labute approximate surface area is 120 Å². The van der Waals surface area contributed by atoms with Gasteiger partial charge in [-0.15, -0.1) is 0 Å². The lowest BCUT2D eigenvalue weighted by Crippen LogP contribution is -2.40. The van der Waals surface area contributed by atoms with Gasteiger partial charge in [-0.25, -0.2) is 17.5 Å². The third kappa shape index (κ3) is 3.75. The first-order valence-corrected chi connectivity index (χ1v) is 8.39. The SMILES string of the molecule is NC1CCC(NS(=O)(=O)c2ccc(F)cc2Br)CC1. The predicted molar refractivity (Wildman–Crippen MR) is 74.7 cm³/mol. The third-order valence-electron chi connectivity index (χ3n) is 3.28. The van der Waals surface area contributed by atoms with E-state index in [0.717, 1.165) is 37.8 Å². The molecule has 0 radical (unpaired) electrons. The molecular formula is C12H16BrFN2O2S. The van der Waals surface area contributed by atoms with Crippen molar-refractivity contribution in [1.29, 1.82) is 0 Å². The van der Waals surface area contributed by atoms with E-state index in [1.807, 2.05) is 0 Å². The number of hydrogen-bond donors (Lipinski definition) is 2. The van der Waals surface area contributed by atoms with E-state index < -0.39 is 15.8 Å². The van der Waals surface area contributed by atoms with Crippen molar-refractivity contribution < 1.29 is 12.8 Å². The quantitative estimate of drug-likeness (QED) is 0.876. The van der Waals surface area contributed by atoms with Crippen molar-refractivity contribution in [2.45, 2.75) is 42.7 Å². The molecule has 1 aromatic rings. The maximum atomic E-state index is 13.0. The zero-order valence-electron chi connectivity index (χ0n) is 10.3. The van der Waals surface area contributed by atoms with Gasteiger partial charge in [0.1, 0.15) is 5.82 Å². The van der Waals surface area contributed by atoms with Crippen LogP contribution in [0.3, 0.4) is 0 Å². The van der Waals surface area contributed by atoms with Gasteiger partial charge in [-0.2, -0.15) is 0 Å². The zero-order chi connectivity index (χ0) is 14.0. The van der Waals surface area contributed by atoms with Gasteiger partial charge in [-0.05, 0) is 59.8 Å². The van der Waals surface area contributed by atoms with Crippen LogP contribution in [0.1, 0.15) is 25.7 Å². The molecular weight excluding hydrogens is 335 g/mol. The molecule has 0 unspecified atom stereocenters. The average Bonchev–Trinajstić information content (AvgIpc) is 2.31. The largest absolute Gasteiger partial charge is 0.328 e. The highest BCUT2D eigenvalue weighted by Gasteiger charge is 2.25. The zero-order valence-corrected chi connectivity index (χ0v) is 12.7. The molecule has 7 heteroatoms.